The minimum Gasteiger partial charge on any atom is -0.494 e. The van der Waals surface area contributed by atoms with Gasteiger partial charge in [-0.2, -0.15) is 0 Å². The van der Waals surface area contributed by atoms with E-state index in [1.807, 2.05) is 49.1 Å². The summed E-state index contributed by atoms with van der Waals surface area (Å²) in [5.41, 5.74) is 3.38. The average Bonchev–Trinajstić information content (AvgIpc) is 3.43. The molecule has 5 rings (SSSR count). The topological polar surface area (TPSA) is 42.6 Å². The fraction of sp³-hybridized carbons (Fsp3) is 0.304. The van der Waals surface area contributed by atoms with Crippen molar-refractivity contribution >= 4 is 16.9 Å². The molecule has 29 heavy (non-hydrogen) atoms. The largest absolute Gasteiger partial charge is 0.494 e. The number of ether oxygens (including phenoxy) is 1. The molecule has 0 amide bonds. The summed E-state index contributed by atoms with van der Waals surface area (Å²) in [6.45, 7) is 5.95. The molecule has 3 aromatic rings. The molecule has 2 aromatic heterocycles. The van der Waals surface area contributed by atoms with Crippen LogP contribution in [0, 0.1) is 0 Å². The van der Waals surface area contributed by atoms with Gasteiger partial charge in [0.15, 0.2) is 5.17 Å². The lowest BCUT2D eigenvalue weighted by Gasteiger charge is -2.28. The smallest absolute Gasteiger partial charge is 0.160 e. The SMILES string of the molecule is CCOc1ccc(-n2cccc2[C@H]2[C@H](c3ccccn3)N=C3S[C@@H](C)CN32)cc1. The van der Waals surface area contributed by atoms with Crippen molar-refractivity contribution in [1.29, 1.82) is 0 Å². The molecule has 0 aliphatic carbocycles. The highest BCUT2D eigenvalue weighted by Crippen LogP contribution is 2.47. The third-order valence-electron chi connectivity index (χ3n) is 5.39. The normalized spacial score (nSPS) is 23.2. The van der Waals surface area contributed by atoms with Crippen molar-refractivity contribution in [1.82, 2.24) is 14.5 Å². The molecule has 3 atom stereocenters. The monoisotopic (exact) mass is 404 g/mol. The van der Waals surface area contributed by atoms with Gasteiger partial charge in [0.05, 0.1) is 18.3 Å². The van der Waals surface area contributed by atoms with E-state index in [2.05, 4.69) is 57.9 Å². The molecule has 1 aromatic carbocycles. The maximum absolute atomic E-state index is 5.60. The third kappa shape index (κ3) is 3.31. The van der Waals surface area contributed by atoms with Crippen LogP contribution in [-0.2, 0) is 0 Å². The van der Waals surface area contributed by atoms with Crippen molar-refractivity contribution < 1.29 is 4.74 Å². The van der Waals surface area contributed by atoms with Gasteiger partial charge in [-0.25, -0.2) is 0 Å². The van der Waals surface area contributed by atoms with E-state index in [-0.39, 0.29) is 12.1 Å². The second-order valence-electron chi connectivity index (χ2n) is 7.37. The van der Waals surface area contributed by atoms with Gasteiger partial charge in [-0.15, -0.1) is 0 Å². The molecule has 1 saturated heterocycles. The van der Waals surface area contributed by atoms with Gasteiger partial charge in [-0.05, 0) is 55.5 Å². The lowest BCUT2D eigenvalue weighted by atomic mass is 10.0. The fourth-order valence-corrected chi connectivity index (χ4v) is 5.27. The molecule has 0 bridgehead atoms. The van der Waals surface area contributed by atoms with Crippen LogP contribution in [0.3, 0.4) is 0 Å². The number of amidine groups is 1. The molecule has 1 fully saturated rings. The fourth-order valence-electron chi connectivity index (χ4n) is 4.18. The van der Waals surface area contributed by atoms with E-state index >= 15 is 0 Å². The molecule has 0 N–H and O–H groups in total. The number of benzene rings is 1. The Kier molecular flexibility index (Phi) is 4.79. The summed E-state index contributed by atoms with van der Waals surface area (Å²) in [6.07, 6.45) is 3.99. The first-order chi connectivity index (χ1) is 14.2. The summed E-state index contributed by atoms with van der Waals surface area (Å²) >= 11 is 1.87. The van der Waals surface area contributed by atoms with E-state index in [1.165, 1.54) is 5.69 Å². The first-order valence-electron chi connectivity index (χ1n) is 10.1. The molecule has 6 heteroatoms. The average molecular weight is 405 g/mol. The van der Waals surface area contributed by atoms with Gasteiger partial charge in [0.2, 0.25) is 0 Å². The Bertz CT molecular complexity index is 1010. The van der Waals surface area contributed by atoms with E-state index < -0.39 is 0 Å². The zero-order chi connectivity index (χ0) is 19.8. The molecule has 0 unspecified atom stereocenters. The number of hydrogen-bond acceptors (Lipinski definition) is 5. The zero-order valence-electron chi connectivity index (χ0n) is 16.6. The number of nitrogens with zero attached hydrogens (tertiary/aromatic N) is 4. The maximum Gasteiger partial charge on any atom is 0.160 e. The van der Waals surface area contributed by atoms with Gasteiger partial charge < -0.3 is 14.2 Å². The molecule has 2 aliphatic heterocycles. The van der Waals surface area contributed by atoms with E-state index in [0.717, 1.165) is 28.8 Å². The van der Waals surface area contributed by atoms with Crippen LogP contribution in [-0.4, -0.2) is 38.0 Å². The minimum absolute atomic E-state index is 0.00236. The molecule has 2 aliphatic rings. The highest BCUT2D eigenvalue weighted by Gasteiger charge is 2.44. The highest BCUT2D eigenvalue weighted by atomic mass is 32.2. The van der Waals surface area contributed by atoms with Crippen LogP contribution in [0.1, 0.15) is 37.3 Å². The summed E-state index contributed by atoms with van der Waals surface area (Å²) in [7, 11) is 0. The molecular weight excluding hydrogens is 380 g/mol. The highest BCUT2D eigenvalue weighted by molar-refractivity contribution is 8.14. The molecule has 148 valence electrons. The number of thioether (sulfide) groups is 1. The maximum atomic E-state index is 5.60. The second kappa shape index (κ2) is 7.59. The molecule has 0 saturated carbocycles. The molecule has 4 heterocycles. The van der Waals surface area contributed by atoms with Crippen molar-refractivity contribution in [2.24, 2.45) is 4.99 Å². The van der Waals surface area contributed by atoms with Crippen LogP contribution in [0.15, 0.2) is 72.0 Å². The van der Waals surface area contributed by atoms with E-state index in [4.69, 9.17) is 9.73 Å². The zero-order valence-corrected chi connectivity index (χ0v) is 17.4. The summed E-state index contributed by atoms with van der Waals surface area (Å²) < 4.78 is 7.87. The predicted octanol–water partition coefficient (Wildman–Crippen LogP) is 4.86. The lowest BCUT2D eigenvalue weighted by Crippen LogP contribution is -2.30. The second-order valence-corrected chi connectivity index (χ2v) is 8.77. The Labute approximate surface area is 175 Å². The van der Waals surface area contributed by atoms with E-state index in [9.17, 15) is 0 Å². The Morgan fingerprint density at radius 3 is 2.72 bits per heavy atom. The van der Waals surface area contributed by atoms with Crippen LogP contribution in [0.4, 0.5) is 0 Å². The quantitative estimate of drug-likeness (QED) is 0.609. The van der Waals surface area contributed by atoms with Crippen molar-refractivity contribution in [2.45, 2.75) is 31.2 Å². The summed E-state index contributed by atoms with van der Waals surface area (Å²) in [5.74, 6) is 0.896. The summed E-state index contributed by atoms with van der Waals surface area (Å²) in [5, 5.41) is 1.69. The number of aliphatic imine (C=N–C) groups is 1. The lowest BCUT2D eigenvalue weighted by molar-refractivity contribution is 0.312. The van der Waals surface area contributed by atoms with Crippen LogP contribution in [0.25, 0.3) is 5.69 Å². The van der Waals surface area contributed by atoms with Crippen molar-refractivity contribution in [3.05, 3.63) is 78.4 Å². The Balaban J connectivity index is 1.55. The van der Waals surface area contributed by atoms with Gasteiger partial charge in [0.1, 0.15) is 11.8 Å². The first kappa shape index (κ1) is 18.3. The third-order valence-corrected chi connectivity index (χ3v) is 6.49. The number of pyridine rings is 1. The van der Waals surface area contributed by atoms with Crippen LogP contribution >= 0.6 is 11.8 Å². The Morgan fingerprint density at radius 1 is 1.10 bits per heavy atom. The number of hydrogen-bond donors (Lipinski definition) is 0. The van der Waals surface area contributed by atoms with E-state index in [0.29, 0.717) is 11.9 Å². The first-order valence-corrected chi connectivity index (χ1v) is 10.9. The predicted molar refractivity (Wildman–Crippen MR) is 118 cm³/mol. The van der Waals surface area contributed by atoms with Gasteiger partial charge in [0, 0.05) is 35.6 Å². The van der Waals surface area contributed by atoms with Gasteiger partial charge in [0.25, 0.3) is 0 Å². The Morgan fingerprint density at radius 2 is 1.97 bits per heavy atom. The number of fused-ring (bicyclic) bond motifs is 1. The Hall–Kier alpha value is -2.73. The molecule has 0 spiro atoms. The summed E-state index contributed by atoms with van der Waals surface area (Å²) in [4.78, 5) is 12.2. The standard InChI is InChI=1S/C23H24N4OS/c1-3-28-18-11-9-17(10-12-18)26-14-6-8-20(26)22-21(19-7-4-5-13-24-19)25-23-27(22)15-16(2)29-23/h4-14,16,21-22H,3,15H2,1-2H3/t16-,21-,22-/m0/s1. The van der Waals surface area contributed by atoms with Crippen LogP contribution in [0.2, 0.25) is 0 Å². The molecular formula is C23H24N4OS. The molecule has 5 nitrogen and oxygen atoms in total. The number of rotatable bonds is 5. The summed E-state index contributed by atoms with van der Waals surface area (Å²) in [6, 6.07) is 18.8. The van der Waals surface area contributed by atoms with Crippen molar-refractivity contribution in [2.75, 3.05) is 13.2 Å². The van der Waals surface area contributed by atoms with E-state index in [1.54, 1.807) is 0 Å². The number of aromatic nitrogens is 2. The van der Waals surface area contributed by atoms with Gasteiger partial charge >= 0.3 is 0 Å². The van der Waals surface area contributed by atoms with Gasteiger partial charge in [-0.1, -0.05) is 24.8 Å². The molecule has 0 radical (unpaired) electrons. The minimum atomic E-state index is 0.00236. The van der Waals surface area contributed by atoms with Crippen molar-refractivity contribution in [3.63, 3.8) is 0 Å². The van der Waals surface area contributed by atoms with Gasteiger partial charge in [-0.3, -0.25) is 9.98 Å². The van der Waals surface area contributed by atoms with Crippen molar-refractivity contribution in [3.8, 4) is 11.4 Å². The van der Waals surface area contributed by atoms with Crippen LogP contribution < -0.4 is 4.74 Å². The van der Waals surface area contributed by atoms with Crippen LogP contribution in [0.5, 0.6) is 5.75 Å².